The van der Waals surface area contributed by atoms with Crippen LogP contribution >= 0.6 is 0 Å². The minimum absolute atomic E-state index is 0.0119. The van der Waals surface area contributed by atoms with Gasteiger partial charge in [-0.15, -0.1) is 0 Å². The van der Waals surface area contributed by atoms with Crippen LogP contribution in [0.2, 0.25) is 0 Å². The first-order valence-corrected chi connectivity index (χ1v) is 6.29. The highest BCUT2D eigenvalue weighted by Gasteiger charge is 2.10. The fraction of sp³-hybridized carbons (Fsp3) is 0.357. The number of hydrogen-bond acceptors (Lipinski definition) is 4. The Morgan fingerprint density at radius 3 is 2.50 bits per heavy atom. The van der Waals surface area contributed by atoms with Gasteiger partial charge in [0.25, 0.3) is 0 Å². The molecule has 6 heteroatoms. The molecule has 2 N–H and O–H groups in total. The maximum absolute atomic E-state index is 11.8. The fourth-order valence-electron chi connectivity index (χ4n) is 1.63. The van der Waals surface area contributed by atoms with E-state index in [1.54, 1.807) is 29.2 Å². The average molecular weight is 275 g/mol. The van der Waals surface area contributed by atoms with E-state index < -0.39 is 5.97 Å². The fourth-order valence-corrected chi connectivity index (χ4v) is 1.63. The van der Waals surface area contributed by atoms with Crippen LogP contribution < -0.4 is 5.32 Å². The highest BCUT2D eigenvalue weighted by Crippen LogP contribution is 2.08. The van der Waals surface area contributed by atoms with Crippen molar-refractivity contribution in [2.75, 3.05) is 25.0 Å². The van der Waals surface area contributed by atoms with Crippen LogP contribution in [0.4, 0.5) is 5.69 Å². The normalized spacial score (nSPS) is 10.1. The van der Waals surface area contributed by atoms with Crippen molar-refractivity contribution in [2.24, 2.45) is 0 Å². The van der Waals surface area contributed by atoms with Crippen LogP contribution in [0.5, 0.6) is 0 Å². The molecule has 106 valence electrons. The van der Waals surface area contributed by atoms with Crippen LogP contribution in [0.1, 0.15) is 18.9 Å². The van der Waals surface area contributed by atoms with Crippen molar-refractivity contribution in [2.45, 2.75) is 13.3 Å². The molecule has 0 aromatic heterocycles. The molecule has 20 heavy (non-hydrogen) atoms. The average Bonchev–Trinajstić information content (AvgIpc) is 2.44. The molecular weight excluding hydrogens is 258 g/mol. The van der Waals surface area contributed by atoms with Crippen molar-refractivity contribution in [1.29, 1.82) is 5.26 Å². The molecule has 0 atom stereocenters. The number of carbonyl (C=O) groups is 2. The maximum atomic E-state index is 11.8. The van der Waals surface area contributed by atoms with Crippen LogP contribution in [0, 0.1) is 11.3 Å². The highest BCUT2D eigenvalue weighted by atomic mass is 16.4. The Balaban J connectivity index is 2.48. The van der Waals surface area contributed by atoms with Crippen LogP contribution in [0.3, 0.4) is 0 Å². The number of likely N-dealkylation sites (N-methyl/N-ethyl adjacent to an activating group) is 1. The van der Waals surface area contributed by atoms with Gasteiger partial charge >= 0.3 is 5.97 Å². The van der Waals surface area contributed by atoms with Gasteiger partial charge in [0.05, 0.1) is 24.6 Å². The first-order chi connectivity index (χ1) is 9.55. The summed E-state index contributed by atoms with van der Waals surface area (Å²) in [4.78, 5) is 24.1. The number of nitrogens with one attached hydrogen (secondary N) is 1. The molecule has 0 heterocycles. The molecule has 0 aliphatic carbocycles. The lowest BCUT2D eigenvalue weighted by Gasteiger charge is -2.18. The smallest absolute Gasteiger partial charge is 0.304 e. The number of carboxylic acids is 1. The number of carboxylic acid groups (broad SMARTS) is 1. The monoisotopic (exact) mass is 275 g/mol. The van der Waals surface area contributed by atoms with Crippen molar-refractivity contribution < 1.29 is 14.7 Å². The summed E-state index contributed by atoms with van der Waals surface area (Å²) in [5.41, 5.74) is 1.14. The molecule has 0 aliphatic rings. The lowest BCUT2D eigenvalue weighted by Crippen LogP contribution is -2.34. The number of nitrogens with zero attached hydrogens (tertiary/aromatic N) is 2. The molecular formula is C14H17N3O3. The van der Waals surface area contributed by atoms with Crippen molar-refractivity contribution in [3.8, 4) is 6.07 Å². The van der Waals surface area contributed by atoms with Gasteiger partial charge in [0, 0.05) is 12.2 Å². The predicted octanol–water partition coefficient (Wildman–Crippen LogP) is 1.29. The molecule has 0 saturated heterocycles. The topological polar surface area (TPSA) is 93.4 Å². The SMILES string of the molecule is CCN(CCC(=O)O)CC(=O)Nc1ccc(C#N)cc1. The van der Waals surface area contributed by atoms with Crippen molar-refractivity contribution >= 4 is 17.6 Å². The van der Waals surface area contributed by atoms with E-state index in [9.17, 15) is 9.59 Å². The van der Waals surface area contributed by atoms with E-state index in [4.69, 9.17) is 10.4 Å². The second-order valence-electron chi connectivity index (χ2n) is 4.25. The van der Waals surface area contributed by atoms with E-state index in [0.717, 1.165) is 0 Å². The zero-order chi connectivity index (χ0) is 15.0. The summed E-state index contributed by atoms with van der Waals surface area (Å²) in [5.74, 6) is -1.09. The molecule has 0 unspecified atom stereocenters. The summed E-state index contributed by atoms with van der Waals surface area (Å²) in [5, 5.41) is 20.0. The van der Waals surface area contributed by atoms with Gasteiger partial charge in [0.2, 0.25) is 5.91 Å². The number of hydrogen-bond donors (Lipinski definition) is 2. The Kier molecular flexibility index (Phi) is 6.20. The number of benzene rings is 1. The first kappa shape index (κ1) is 15.7. The summed E-state index contributed by atoms with van der Waals surface area (Å²) in [6.07, 6.45) is 0.0119. The van der Waals surface area contributed by atoms with Crippen LogP contribution in [-0.2, 0) is 9.59 Å². The van der Waals surface area contributed by atoms with E-state index >= 15 is 0 Å². The molecule has 1 aromatic rings. The van der Waals surface area contributed by atoms with Gasteiger partial charge in [0.15, 0.2) is 0 Å². The van der Waals surface area contributed by atoms with E-state index in [0.29, 0.717) is 24.3 Å². The van der Waals surface area contributed by atoms with E-state index in [-0.39, 0.29) is 18.9 Å². The van der Waals surface area contributed by atoms with Crippen molar-refractivity contribution in [3.05, 3.63) is 29.8 Å². The number of anilines is 1. The van der Waals surface area contributed by atoms with Crippen molar-refractivity contribution in [3.63, 3.8) is 0 Å². The molecule has 0 saturated carbocycles. The van der Waals surface area contributed by atoms with Gasteiger partial charge in [-0.2, -0.15) is 5.26 Å². The molecule has 0 bridgehead atoms. The van der Waals surface area contributed by atoms with E-state index in [1.807, 2.05) is 13.0 Å². The molecule has 1 amide bonds. The lowest BCUT2D eigenvalue weighted by molar-refractivity contribution is -0.137. The third kappa shape index (κ3) is 5.50. The third-order valence-electron chi connectivity index (χ3n) is 2.75. The van der Waals surface area contributed by atoms with Crippen molar-refractivity contribution in [1.82, 2.24) is 4.90 Å². The second-order valence-corrected chi connectivity index (χ2v) is 4.25. The summed E-state index contributed by atoms with van der Waals surface area (Å²) < 4.78 is 0. The number of carbonyl (C=O) groups excluding carboxylic acids is 1. The molecule has 6 nitrogen and oxygen atoms in total. The van der Waals surface area contributed by atoms with Gasteiger partial charge in [-0.25, -0.2) is 0 Å². The molecule has 0 aliphatic heterocycles. The summed E-state index contributed by atoms with van der Waals surface area (Å²) >= 11 is 0. The van der Waals surface area contributed by atoms with Crippen LogP contribution in [-0.4, -0.2) is 41.5 Å². The van der Waals surface area contributed by atoms with E-state index in [1.165, 1.54) is 0 Å². The molecule has 0 spiro atoms. The Morgan fingerprint density at radius 1 is 1.35 bits per heavy atom. The molecule has 0 fully saturated rings. The highest BCUT2D eigenvalue weighted by molar-refractivity contribution is 5.92. The van der Waals surface area contributed by atoms with Gasteiger partial charge in [-0.1, -0.05) is 6.92 Å². The van der Waals surface area contributed by atoms with Gasteiger partial charge in [-0.05, 0) is 30.8 Å². The van der Waals surface area contributed by atoms with Gasteiger partial charge in [-0.3, -0.25) is 14.5 Å². The summed E-state index contributed by atoms with van der Waals surface area (Å²) in [6, 6.07) is 8.56. The number of rotatable bonds is 7. The lowest BCUT2D eigenvalue weighted by atomic mass is 10.2. The first-order valence-electron chi connectivity index (χ1n) is 6.29. The quantitative estimate of drug-likeness (QED) is 0.782. The Hall–Kier alpha value is -2.39. The summed E-state index contributed by atoms with van der Waals surface area (Å²) in [7, 11) is 0. The minimum atomic E-state index is -0.879. The molecule has 1 aromatic carbocycles. The Labute approximate surface area is 117 Å². The van der Waals surface area contributed by atoms with Crippen LogP contribution in [0.25, 0.3) is 0 Å². The Morgan fingerprint density at radius 2 is 2.00 bits per heavy atom. The largest absolute Gasteiger partial charge is 0.481 e. The predicted molar refractivity (Wildman–Crippen MR) is 74.2 cm³/mol. The molecule has 0 radical (unpaired) electrons. The number of nitriles is 1. The zero-order valence-electron chi connectivity index (χ0n) is 11.3. The second kappa shape index (κ2) is 7.92. The van der Waals surface area contributed by atoms with Crippen LogP contribution in [0.15, 0.2) is 24.3 Å². The number of aliphatic carboxylic acids is 1. The Bertz CT molecular complexity index is 505. The standard InChI is InChI=1S/C14H17N3O3/c1-2-17(8-7-14(19)20)10-13(18)16-12-5-3-11(9-15)4-6-12/h3-6H,2,7-8,10H2,1H3,(H,16,18)(H,19,20). The van der Waals surface area contributed by atoms with Gasteiger partial charge in [0.1, 0.15) is 0 Å². The maximum Gasteiger partial charge on any atom is 0.304 e. The minimum Gasteiger partial charge on any atom is -0.481 e. The molecule has 1 rings (SSSR count). The zero-order valence-corrected chi connectivity index (χ0v) is 11.3. The third-order valence-corrected chi connectivity index (χ3v) is 2.75. The number of amides is 1. The summed E-state index contributed by atoms with van der Waals surface area (Å²) in [6.45, 7) is 2.96. The van der Waals surface area contributed by atoms with Gasteiger partial charge < -0.3 is 10.4 Å². The van der Waals surface area contributed by atoms with E-state index in [2.05, 4.69) is 5.32 Å².